The number of fused-ring (bicyclic) bond motifs is 2. The molecule has 6 fully saturated rings. The fraction of sp³-hybridized carbons (Fsp3) is 0.610. The number of piperidine rings is 1. The highest BCUT2D eigenvalue weighted by atomic mass is 32.2. The number of hydrogen-bond donors (Lipinski definition) is 1. The highest BCUT2D eigenvalue weighted by molar-refractivity contribution is 7.89. The molecule has 304 valence electrons. The van der Waals surface area contributed by atoms with Gasteiger partial charge in [-0.1, -0.05) is 25.1 Å². The Morgan fingerprint density at radius 3 is 2.34 bits per heavy atom. The molecule has 0 spiro atoms. The van der Waals surface area contributed by atoms with Crippen LogP contribution in [-0.4, -0.2) is 129 Å². The number of alkyl carbamates (subject to hydrolysis) is 1. The highest BCUT2D eigenvalue weighted by Crippen LogP contribution is 2.54. The normalized spacial score (nSPS) is 28.1. The number of nitrogens with one attached hydrogen (secondary N) is 1. The van der Waals surface area contributed by atoms with Crippen molar-refractivity contribution in [2.75, 3.05) is 70.9 Å². The summed E-state index contributed by atoms with van der Waals surface area (Å²) < 4.78 is 80.4. The van der Waals surface area contributed by atoms with Crippen LogP contribution in [0.2, 0.25) is 0 Å². The second-order valence-electron chi connectivity index (χ2n) is 17.0. The lowest BCUT2D eigenvalue weighted by Crippen LogP contribution is -2.66. The minimum Gasteiger partial charge on any atom is -0.453 e. The number of nitrogens with zero attached hydrogens (tertiary/aromatic N) is 5. The standard InChI is InChI=1S/C41H53F3N6O5S/c1-27(2)38(51)49-22-32-20-31(49)23-50(32)56(53,54)33-11-12-37(35(43)21-33)47-25-40(44,26-47)24-46-17-13-28(14-18-46)41(48-15-6-16-48,29-7-4-8-30(42)19-29)34-9-5-10-36(34)45-39(52)55-3/h4,7-8,11-12,19,21,28,31-32,34,36H,1,5-6,9-10,13-18,20,22-26H2,2-3H3,(H,45,52)/t31-,32-,34-,36-,41?/m0/s1. The third-order valence-corrected chi connectivity index (χ3v) is 15.5. The second kappa shape index (κ2) is 14.9. The van der Waals surface area contributed by atoms with Crippen molar-refractivity contribution in [3.8, 4) is 0 Å². The summed E-state index contributed by atoms with van der Waals surface area (Å²) in [5, 5.41) is 3.10. The minimum absolute atomic E-state index is 0.0115. The Balaban J connectivity index is 0.917. The van der Waals surface area contributed by atoms with Crippen molar-refractivity contribution in [2.45, 2.75) is 86.1 Å². The molecule has 1 aliphatic carbocycles. The van der Waals surface area contributed by atoms with Gasteiger partial charge in [0.05, 0.1) is 36.3 Å². The van der Waals surface area contributed by atoms with Crippen molar-refractivity contribution in [1.82, 2.24) is 24.3 Å². The summed E-state index contributed by atoms with van der Waals surface area (Å²) in [5.41, 5.74) is -0.553. The number of piperazine rings is 1. The van der Waals surface area contributed by atoms with Gasteiger partial charge >= 0.3 is 6.09 Å². The molecule has 2 aromatic rings. The Morgan fingerprint density at radius 1 is 0.982 bits per heavy atom. The van der Waals surface area contributed by atoms with E-state index < -0.39 is 33.1 Å². The van der Waals surface area contributed by atoms with E-state index >= 15 is 8.78 Å². The van der Waals surface area contributed by atoms with E-state index in [1.807, 2.05) is 6.07 Å². The molecule has 5 heterocycles. The van der Waals surface area contributed by atoms with E-state index in [4.69, 9.17) is 4.74 Å². The van der Waals surface area contributed by atoms with Gasteiger partial charge in [-0.3, -0.25) is 14.6 Å². The lowest BCUT2D eigenvalue weighted by molar-refractivity contribution is -0.128. The van der Waals surface area contributed by atoms with E-state index in [2.05, 4.69) is 21.7 Å². The Labute approximate surface area is 327 Å². The van der Waals surface area contributed by atoms with Crippen LogP contribution in [0.3, 0.4) is 0 Å². The first-order valence-electron chi connectivity index (χ1n) is 20.0. The largest absolute Gasteiger partial charge is 0.453 e. The average molecular weight is 799 g/mol. The van der Waals surface area contributed by atoms with E-state index in [0.717, 1.165) is 63.2 Å². The van der Waals surface area contributed by atoms with Crippen LogP contribution < -0.4 is 10.2 Å². The van der Waals surface area contributed by atoms with Gasteiger partial charge in [-0.2, -0.15) is 4.31 Å². The molecule has 5 aliphatic heterocycles. The number of sulfonamides is 1. The summed E-state index contributed by atoms with van der Waals surface area (Å²) >= 11 is 0. The number of methoxy groups -OCH3 is 1. The van der Waals surface area contributed by atoms with Crippen molar-refractivity contribution in [3.05, 3.63) is 71.8 Å². The summed E-state index contributed by atoms with van der Waals surface area (Å²) in [4.78, 5) is 32.7. The molecule has 15 heteroatoms. The third-order valence-electron chi connectivity index (χ3n) is 13.6. The highest BCUT2D eigenvalue weighted by Gasteiger charge is 2.57. The number of alkyl halides is 1. The van der Waals surface area contributed by atoms with Gasteiger partial charge in [-0.15, -0.1) is 0 Å². The predicted octanol–water partition coefficient (Wildman–Crippen LogP) is 4.88. The number of carbonyl (C=O) groups excluding carboxylic acids is 2. The number of likely N-dealkylation sites (tertiary alicyclic amines) is 3. The summed E-state index contributed by atoms with van der Waals surface area (Å²) in [5.74, 6) is -0.981. The first-order chi connectivity index (χ1) is 26.7. The molecule has 8 rings (SSSR count). The van der Waals surface area contributed by atoms with Gasteiger partial charge in [0.1, 0.15) is 11.6 Å². The molecule has 11 nitrogen and oxygen atoms in total. The molecule has 0 aromatic heterocycles. The third kappa shape index (κ3) is 6.79. The molecule has 2 aromatic carbocycles. The van der Waals surface area contributed by atoms with Gasteiger partial charge in [0.2, 0.25) is 15.9 Å². The molecule has 5 saturated heterocycles. The maximum atomic E-state index is 16.3. The van der Waals surface area contributed by atoms with E-state index in [1.165, 1.54) is 29.6 Å². The molecular weight excluding hydrogens is 746 g/mol. The average Bonchev–Trinajstić information content (AvgIpc) is 3.89. The summed E-state index contributed by atoms with van der Waals surface area (Å²) in [7, 11) is -2.63. The zero-order valence-electron chi connectivity index (χ0n) is 32.3. The van der Waals surface area contributed by atoms with Gasteiger partial charge in [-0.25, -0.2) is 26.4 Å². The van der Waals surface area contributed by atoms with Crippen LogP contribution in [0.15, 0.2) is 59.5 Å². The molecule has 0 radical (unpaired) electrons. The Hall–Kier alpha value is -3.66. The van der Waals surface area contributed by atoms with Crippen molar-refractivity contribution < 1.29 is 35.9 Å². The Morgan fingerprint density at radius 2 is 1.73 bits per heavy atom. The van der Waals surface area contributed by atoms with Crippen molar-refractivity contribution in [2.24, 2.45) is 11.8 Å². The fourth-order valence-electron chi connectivity index (χ4n) is 11.0. The number of amides is 2. The molecule has 2 amide bonds. The number of benzene rings is 2. The number of halogens is 3. The maximum absolute atomic E-state index is 16.3. The van der Waals surface area contributed by atoms with E-state index in [1.54, 1.807) is 28.9 Å². The van der Waals surface area contributed by atoms with Gasteiger partial charge in [0.25, 0.3) is 0 Å². The lowest BCUT2D eigenvalue weighted by atomic mass is 9.62. The smallest absolute Gasteiger partial charge is 0.407 e. The van der Waals surface area contributed by atoms with Crippen LogP contribution in [0.4, 0.5) is 23.7 Å². The van der Waals surface area contributed by atoms with Gasteiger partial charge in [0.15, 0.2) is 5.67 Å². The Kier molecular flexibility index (Phi) is 10.4. The van der Waals surface area contributed by atoms with Gasteiger partial charge < -0.3 is 19.9 Å². The molecular formula is C41H53F3N6O5S. The zero-order valence-corrected chi connectivity index (χ0v) is 33.1. The number of anilines is 1. The quantitative estimate of drug-likeness (QED) is 0.321. The molecule has 5 atom stereocenters. The number of carbonyl (C=O) groups is 2. The van der Waals surface area contributed by atoms with Gasteiger partial charge in [-0.05, 0) is 100 Å². The number of hydrogen-bond acceptors (Lipinski definition) is 8. The monoisotopic (exact) mass is 798 g/mol. The molecule has 1 saturated carbocycles. The zero-order chi connectivity index (χ0) is 39.6. The second-order valence-corrected chi connectivity index (χ2v) is 18.9. The van der Waals surface area contributed by atoms with Crippen LogP contribution >= 0.6 is 0 Å². The van der Waals surface area contributed by atoms with E-state index in [-0.39, 0.29) is 85.0 Å². The minimum atomic E-state index is -4.00. The number of rotatable bonds is 11. The van der Waals surface area contributed by atoms with Crippen LogP contribution in [0.1, 0.15) is 57.4 Å². The molecule has 1 N–H and O–H groups in total. The van der Waals surface area contributed by atoms with Crippen LogP contribution in [0.5, 0.6) is 0 Å². The van der Waals surface area contributed by atoms with E-state index in [0.29, 0.717) is 25.1 Å². The first-order valence-corrected chi connectivity index (χ1v) is 21.5. The predicted molar refractivity (Wildman–Crippen MR) is 205 cm³/mol. The Bertz CT molecular complexity index is 1970. The first kappa shape index (κ1) is 39.2. The number of ether oxygens (including phenoxy) is 1. The molecule has 1 unspecified atom stereocenters. The van der Waals surface area contributed by atoms with E-state index in [9.17, 15) is 22.4 Å². The van der Waals surface area contributed by atoms with Gasteiger partial charge in [0, 0.05) is 62.3 Å². The van der Waals surface area contributed by atoms with Crippen LogP contribution in [0.25, 0.3) is 0 Å². The van der Waals surface area contributed by atoms with Crippen molar-refractivity contribution >= 4 is 27.7 Å². The lowest BCUT2D eigenvalue weighted by Gasteiger charge is -2.59. The molecule has 2 bridgehead atoms. The van der Waals surface area contributed by atoms with Crippen LogP contribution in [0, 0.1) is 23.5 Å². The SMILES string of the molecule is C=C(C)C(=O)N1C[C@@H]2C[C@H]1CN2S(=O)(=O)c1ccc(N2CC(F)(CN3CCC(C(c4cccc(F)c4)([C@H]4CCC[C@@H]4NC(=O)OC)N4CCC4)CC3)C2)c(F)c1. The summed E-state index contributed by atoms with van der Waals surface area (Å²) in [6, 6.07) is 10.0. The molecule has 56 heavy (non-hydrogen) atoms. The topological polar surface area (TPSA) is 106 Å². The summed E-state index contributed by atoms with van der Waals surface area (Å²) in [6.45, 7) is 9.05. The van der Waals surface area contributed by atoms with Crippen LogP contribution in [-0.2, 0) is 25.1 Å². The van der Waals surface area contributed by atoms with Crippen molar-refractivity contribution in [3.63, 3.8) is 0 Å². The fourth-order valence-corrected chi connectivity index (χ4v) is 12.7. The maximum Gasteiger partial charge on any atom is 0.407 e. The molecule has 6 aliphatic rings. The van der Waals surface area contributed by atoms with Crippen molar-refractivity contribution in [1.29, 1.82) is 0 Å². The summed E-state index contributed by atoms with van der Waals surface area (Å²) in [6.07, 6.45) is 5.34.